The maximum absolute atomic E-state index is 13.0. The molecule has 2 aromatic rings. The van der Waals surface area contributed by atoms with Crippen LogP contribution in [0.15, 0.2) is 41.4 Å². The number of pyridine rings is 1. The van der Waals surface area contributed by atoms with Crippen molar-refractivity contribution < 1.29 is 18.0 Å². The number of halogens is 1. The number of piperidine rings is 1. The van der Waals surface area contributed by atoms with Crippen molar-refractivity contribution in [3.8, 4) is 0 Å². The lowest BCUT2D eigenvalue weighted by atomic mass is 9.96. The van der Waals surface area contributed by atoms with Gasteiger partial charge in [0.15, 0.2) is 9.84 Å². The average molecular weight is 436 g/mol. The van der Waals surface area contributed by atoms with Gasteiger partial charge in [-0.15, -0.1) is 0 Å². The Morgan fingerprint density at radius 3 is 2.66 bits per heavy atom. The predicted molar refractivity (Wildman–Crippen MR) is 111 cm³/mol. The van der Waals surface area contributed by atoms with Crippen LogP contribution in [0, 0.1) is 12.8 Å². The highest BCUT2D eigenvalue weighted by Gasteiger charge is 2.30. The van der Waals surface area contributed by atoms with Gasteiger partial charge in [-0.3, -0.25) is 9.59 Å². The van der Waals surface area contributed by atoms with E-state index < -0.39 is 9.84 Å². The number of carbonyl (C=O) groups is 2. The van der Waals surface area contributed by atoms with Gasteiger partial charge in [-0.25, -0.2) is 13.4 Å². The van der Waals surface area contributed by atoms with Crippen LogP contribution in [0.25, 0.3) is 0 Å². The van der Waals surface area contributed by atoms with Crippen LogP contribution in [0.2, 0.25) is 5.02 Å². The van der Waals surface area contributed by atoms with E-state index in [4.69, 9.17) is 11.6 Å². The molecule has 9 heteroatoms. The van der Waals surface area contributed by atoms with Gasteiger partial charge in [-0.05, 0) is 49.6 Å². The van der Waals surface area contributed by atoms with Crippen LogP contribution >= 0.6 is 11.6 Å². The summed E-state index contributed by atoms with van der Waals surface area (Å²) in [4.78, 5) is 31.4. The minimum absolute atomic E-state index is 0.103. The lowest BCUT2D eigenvalue weighted by molar-refractivity contribution is -0.121. The first kappa shape index (κ1) is 21.3. The minimum Gasteiger partial charge on any atom is -0.338 e. The van der Waals surface area contributed by atoms with E-state index in [1.807, 2.05) is 0 Å². The Kier molecular flexibility index (Phi) is 6.24. The average Bonchev–Trinajstić information content (AvgIpc) is 2.68. The zero-order chi connectivity index (χ0) is 21.2. The van der Waals surface area contributed by atoms with E-state index in [-0.39, 0.29) is 29.2 Å². The Hall–Kier alpha value is -2.45. The fourth-order valence-electron chi connectivity index (χ4n) is 3.29. The number of nitrogens with zero attached hydrogens (tertiary/aromatic N) is 2. The van der Waals surface area contributed by atoms with Gasteiger partial charge < -0.3 is 10.2 Å². The van der Waals surface area contributed by atoms with Crippen molar-refractivity contribution in [3.05, 3.63) is 52.7 Å². The topological polar surface area (TPSA) is 96.4 Å². The number of aryl methyl sites for hydroxylation is 1. The maximum atomic E-state index is 13.0. The third kappa shape index (κ3) is 5.13. The fourth-order valence-corrected chi connectivity index (χ4v) is 4.05. The van der Waals surface area contributed by atoms with Crippen LogP contribution in [0.4, 0.5) is 5.82 Å². The normalized spacial score (nSPS) is 17.1. The summed E-state index contributed by atoms with van der Waals surface area (Å²) in [7, 11) is -3.42. The van der Waals surface area contributed by atoms with E-state index in [1.165, 1.54) is 18.3 Å². The highest BCUT2D eigenvalue weighted by Crippen LogP contribution is 2.23. The molecule has 0 radical (unpaired) electrons. The predicted octanol–water partition coefficient (Wildman–Crippen LogP) is 2.94. The number of rotatable bonds is 4. The third-order valence-corrected chi connectivity index (χ3v) is 6.26. The van der Waals surface area contributed by atoms with Gasteiger partial charge in [-0.2, -0.15) is 0 Å². The summed E-state index contributed by atoms with van der Waals surface area (Å²) in [5, 5.41) is 3.23. The molecule has 1 aliphatic heterocycles. The number of anilines is 1. The lowest BCUT2D eigenvalue weighted by Gasteiger charge is -2.32. The summed E-state index contributed by atoms with van der Waals surface area (Å²) in [6, 6.07) is 7.79. The maximum Gasteiger partial charge on any atom is 0.254 e. The molecule has 1 aliphatic rings. The van der Waals surface area contributed by atoms with Crippen molar-refractivity contribution in [1.29, 1.82) is 0 Å². The van der Waals surface area contributed by atoms with E-state index in [1.54, 1.807) is 30.0 Å². The van der Waals surface area contributed by atoms with E-state index in [0.717, 1.165) is 6.26 Å². The lowest BCUT2D eigenvalue weighted by Crippen LogP contribution is -2.44. The molecule has 1 unspecified atom stereocenters. The molecule has 0 aliphatic carbocycles. The number of carbonyl (C=O) groups excluding carboxylic acids is 2. The molecule has 7 nitrogen and oxygen atoms in total. The molecule has 29 heavy (non-hydrogen) atoms. The Morgan fingerprint density at radius 2 is 2.00 bits per heavy atom. The third-order valence-electron chi connectivity index (χ3n) is 4.93. The SMILES string of the molecule is Cc1ccc(S(C)(=O)=O)cc1C(=O)N1CCCC(C(=O)Nc2ccc(Cl)cn2)C1. The molecule has 154 valence electrons. The van der Waals surface area contributed by atoms with E-state index in [9.17, 15) is 18.0 Å². The fraction of sp³-hybridized carbons (Fsp3) is 0.350. The smallest absolute Gasteiger partial charge is 0.254 e. The van der Waals surface area contributed by atoms with Crippen molar-refractivity contribution in [1.82, 2.24) is 9.88 Å². The largest absolute Gasteiger partial charge is 0.338 e. The van der Waals surface area contributed by atoms with Gasteiger partial charge in [0.2, 0.25) is 5.91 Å². The van der Waals surface area contributed by atoms with Crippen LogP contribution < -0.4 is 5.32 Å². The molecular weight excluding hydrogens is 414 g/mol. The Morgan fingerprint density at radius 1 is 1.24 bits per heavy atom. The van der Waals surface area contributed by atoms with Gasteiger partial charge in [-0.1, -0.05) is 17.7 Å². The molecule has 3 rings (SSSR count). The standard InChI is InChI=1S/C20H22ClN3O4S/c1-13-5-7-16(29(2,27)28)10-17(13)20(26)24-9-3-4-14(12-24)19(25)23-18-8-6-15(21)11-22-18/h5-8,10-11,14H,3-4,9,12H2,1-2H3,(H,22,23,25). The summed E-state index contributed by atoms with van der Waals surface area (Å²) in [5.74, 6) is -0.447. The zero-order valence-corrected chi connectivity index (χ0v) is 17.8. The van der Waals surface area contributed by atoms with E-state index in [2.05, 4.69) is 10.3 Å². The highest BCUT2D eigenvalue weighted by molar-refractivity contribution is 7.90. The summed E-state index contributed by atoms with van der Waals surface area (Å²) in [6.07, 6.45) is 3.90. The number of likely N-dealkylation sites (tertiary alicyclic amines) is 1. The van der Waals surface area contributed by atoms with Crippen molar-refractivity contribution >= 4 is 39.1 Å². The number of benzene rings is 1. The second-order valence-corrected chi connectivity index (χ2v) is 9.64. The van der Waals surface area contributed by atoms with Crippen molar-refractivity contribution in [3.63, 3.8) is 0 Å². The van der Waals surface area contributed by atoms with Gasteiger partial charge in [0.1, 0.15) is 5.82 Å². The molecular formula is C20H22ClN3O4S. The quantitative estimate of drug-likeness (QED) is 0.796. The monoisotopic (exact) mass is 435 g/mol. The summed E-state index contributed by atoms with van der Waals surface area (Å²) in [6.45, 7) is 2.55. The second-order valence-electron chi connectivity index (χ2n) is 7.19. The first-order chi connectivity index (χ1) is 13.6. The van der Waals surface area contributed by atoms with Gasteiger partial charge >= 0.3 is 0 Å². The minimum atomic E-state index is -3.42. The molecule has 1 aromatic carbocycles. The first-order valence-corrected chi connectivity index (χ1v) is 11.4. The Balaban J connectivity index is 1.74. The van der Waals surface area contributed by atoms with Crippen LogP contribution in [0.1, 0.15) is 28.8 Å². The molecule has 1 saturated heterocycles. The molecule has 2 amide bonds. The molecule has 1 fully saturated rings. The number of aromatic nitrogens is 1. The number of sulfone groups is 1. The number of amides is 2. The molecule has 1 N–H and O–H groups in total. The highest BCUT2D eigenvalue weighted by atomic mass is 35.5. The van der Waals surface area contributed by atoms with Crippen LogP contribution in [-0.2, 0) is 14.6 Å². The Labute approximate surface area is 175 Å². The molecule has 0 bridgehead atoms. The van der Waals surface area contributed by atoms with Crippen LogP contribution in [0.3, 0.4) is 0 Å². The van der Waals surface area contributed by atoms with Crippen molar-refractivity contribution in [2.45, 2.75) is 24.7 Å². The number of hydrogen-bond donors (Lipinski definition) is 1. The molecule has 0 spiro atoms. The van der Waals surface area contributed by atoms with E-state index in [0.29, 0.717) is 41.4 Å². The summed E-state index contributed by atoms with van der Waals surface area (Å²) >= 11 is 5.80. The van der Waals surface area contributed by atoms with E-state index >= 15 is 0 Å². The molecule has 0 saturated carbocycles. The van der Waals surface area contributed by atoms with Crippen LogP contribution in [-0.4, -0.2) is 49.5 Å². The Bertz CT molecular complexity index is 1040. The van der Waals surface area contributed by atoms with Gasteiger partial charge in [0, 0.05) is 31.1 Å². The molecule has 2 heterocycles. The molecule has 1 atom stereocenters. The zero-order valence-electron chi connectivity index (χ0n) is 16.2. The first-order valence-electron chi connectivity index (χ1n) is 9.17. The summed E-state index contributed by atoms with van der Waals surface area (Å²) < 4.78 is 23.7. The number of hydrogen-bond acceptors (Lipinski definition) is 5. The van der Waals surface area contributed by atoms with Gasteiger partial charge in [0.05, 0.1) is 15.8 Å². The van der Waals surface area contributed by atoms with Crippen molar-refractivity contribution in [2.24, 2.45) is 5.92 Å². The molecule has 1 aromatic heterocycles. The van der Waals surface area contributed by atoms with Gasteiger partial charge in [0.25, 0.3) is 5.91 Å². The summed E-state index contributed by atoms with van der Waals surface area (Å²) in [5.41, 5.74) is 1.03. The van der Waals surface area contributed by atoms with Crippen LogP contribution in [0.5, 0.6) is 0 Å². The second kappa shape index (κ2) is 8.51. The van der Waals surface area contributed by atoms with Crippen molar-refractivity contribution in [2.75, 3.05) is 24.7 Å². The number of nitrogens with one attached hydrogen (secondary N) is 1.